The van der Waals surface area contributed by atoms with E-state index in [1.165, 1.54) is 12.8 Å². The van der Waals surface area contributed by atoms with Gasteiger partial charge < -0.3 is 15.7 Å². The molecule has 0 bridgehead atoms. The highest BCUT2D eigenvalue weighted by Gasteiger charge is 2.35. The van der Waals surface area contributed by atoms with E-state index in [9.17, 15) is 9.90 Å². The predicted molar refractivity (Wildman–Crippen MR) is 61.3 cm³/mol. The van der Waals surface area contributed by atoms with Crippen molar-refractivity contribution in [2.24, 2.45) is 17.6 Å². The Kier molecular flexibility index (Phi) is 3.19. The Morgan fingerprint density at radius 1 is 1.50 bits per heavy atom. The van der Waals surface area contributed by atoms with Crippen LogP contribution in [0.4, 0.5) is 0 Å². The van der Waals surface area contributed by atoms with Crippen molar-refractivity contribution in [3.63, 3.8) is 0 Å². The summed E-state index contributed by atoms with van der Waals surface area (Å²) in [6.07, 6.45) is 6.57. The Morgan fingerprint density at radius 2 is 2.19 bits per heavy atom. The van der Waals surface area contributed by atoms with Crippen molar-refractivity contribution in [3.8, 4) is 0 Å². The molecular weight excluding hydrogens is 204 g/mol. The molecular formula is C12H20N2O2. The lowest BCUT2D eigenvalue weighted by atomic mass is 9.76. The average Bonchev–Trinajstić information content (AvgIpc) is 2.52. The van der Waals surface area contributed by atoms with Crippen molar-refractivity contribution in [2.75, 3.05) is 6.54 Å². The minimum atomic E-state index is -0.609. The topological polar surface area (TPSA) is 66.6 Å². The van der Waals surface area contributed by atoms with Gasteiger partial charge in [0.15, 0.2) is 0 Å². The normalized spacial score (nSPS) is 39.0. The maximum Gasteiger partial charge on any atom is 0.242 e. The Bertz CT molecular complexity index is 297. The minimum absolute atomic E-state index is 0.434. The summed E-state index contributed by atoms with van der Waals surface area (Å²) in [7, 11) is 0. The summed E-state index contributed by atoms with van der Waals surface area (Å²) >= 11 is 0. The monoisotopic (exact) mass is 224 g/mol. The zero-order valence-corrected chi connectivity index (χ0v) is 9.67. The minimum Gasteiger partial charge on any atom is -0.390 e. The van der Waals surface area contributed by atoms with Crippen molar-refractivity contribution in [1.82, 2.24) is 4.90 Å². The van der Waals surface area contributed by atoms with Crippen molar-refractivity contribution in [3.05, 3.63) is 12.3 Å². The predicted octanol–water partition coefficient (Wildman–Crippen LogP) is 0.467. The van der Waals surface area contributed by atoms with E-state index < -0.39 is 18.1 Å². The van der Waals surface area contributed by atoms with Crippen LogP contribution in [0, 0.1) is 11.8 Å². The van der Waals surface area contributed by atoms with Crippen LogP contribution >= 0.6 is 0 Å². The lowest BCUT2D eigenvalue weighted by Gasteiger charge is -2.31. The third-order valence-electron chi connectivity index (χ3n) is 3.66. The molecule has 90 valence electrons. The van der Waals surface area contributed by atoms with E-state index in [4.69, 9.17) is 5.73 Å². The molecule has 0 spiro atoms. The van der Waals surface area contributed by atoms with E-state index in [-0.39, 0.29) is 0 Å². The molecule has 4 nitrogen and oxygen atoms in total. The third-order valence-corrected chi connectivity index (χ3v) is 3.66. The smallest absolute Gasteiger partial charge is 0.242 e. The van der Waals surface area contributed by atoms with Crippen LogP contribution in [0.1, 0.15) is 26.2 Å². The summed E-state index contributed by atoms with van der Waals surface area (Å²) in [5.74, 6) is 1.03. The van der Waals surface area contributed by atoms with Gasteiger partial charge in [-0.25, -0.2) is 0 Å². The molecule has 1 saturated heterocycles. The second kappa shape index (κ2) is 4.45. The van der Waals surface area contributed by atoms with Gasteiger partial charge in [-0.05, 0) is 37.3 Å². The SMILES string of the molecule is CC1CC(C=CN2CCC(O)C2C(N)=O)C1. The van der Waals surface area contributed by atoms with Gasteiger partial charge in [0.05, 0.1) is 6.10 Å². The molecule has 2 aliphatic rings. The van der Waals surface area contributed by atoms with Gasteiger partial charge >= 0.3 is 0 Å². The lowest BCUT2D eigenvalue weighted by Crippen LogP contribution is -2.43. The van der Waals surface area contributed by atoms with E-state index >= 15 is 0 Å². The Labute approximate surface area is 96.1 Å². The number of aliphatic hydroxyl groups excluding tert-OH is 1. The Balaban J connectivity index is 1.91. The standard InChI is InChI=1S/C12H20N2O2/c1-8-6-9(7-8)2-4-14-5-3-10(15)11(14)12(13)16/h2,4,8-11,15H,3,5-7H2,1H3,(H2,13,16). The molecule has 16 heavy (non-hydrogen) atoms. The fraction of sp³-hybridized carbons (Fsp3) is 0.750. The molecule has 1 heterocycles. The van der Waals surface area contributed by atoms with Gasteiger partial charge in [0.1, 0.15) is 6.04 Å². The molecule has 2 unspecified atom stereocenters. The number of rotatable bonds is 3. The van der Waals surface area contributed by atoms with Crippen LogP contribution in [-0.2, 0) is 4.79 Å². The number of carbonyl (C=O) groups excluding carboxylic acids is 1. The first-order chi connectivity index (χ1) is 7.58. The van der Waals surface area contributed by atoms with Crippen LogP contribution < -0.4 is 5.73 Å². The van der Waals surface area contributed by atoms with Crippen molar-refractivity contribution >= 4 is 5.91 Å². The molecule has 0 radical (unpaired) electrons. The first kappa shape index (κ1) is 11.5. The third kappa shape index (κ3) is 2.21. The zero-order valence-electron chi connectivity index (χ0n) is 9.67. The van der Waals surface area contributed by atoms with E-state index in [2.05, 4.69) is 13.0 Å². The molecule has 1 saturated carbocycles. The quantitative estimate of drug-likeness (QED) is 0.732. The van der Waals surface area contributed by atoms with Gasteiger partial charge in [-0.15, -0.1) is 0 Å². The summed E-state index contributed by atoms with van der Waals surface area (Å²) in [6, 6.07) is -0.534. The molecule has 0 aromatic rings. The van der Waals surface area contributed by atoms with Gasteiger partial charge in [-0.3, -0.25) is 4.79 Å². The van der Waals surface area contributed by atoms with Crippen LogP contribution in [0.5, 0.6) is 0 Å². The van der Waals surface area contributed by atoms with Gasteiger partial charge in [0.25, 0.3) is 0 Å². The van der Waals surface area contributed by atoms with Crippen LogP contribution in [0.15, 0.2) is 12.3 Å². The first-order valence-corrected chi connectivity index (χ1v) is 5.99. The summed E-state index contributed by atoms with van der Waals surface area (Å²) in [4.78, 5) is 13.1. The summed E-state index contributed by atoms with van der Waals surface area (Å²) in [5.41, 5.74) is 5.28. The number of nitrogens with two attached hydrogens (primary N) is 1. The summed E-state index contributed by atoms with van der Waals surface area (Å²) in [6.45, 7) is 2.96. The summed E-state index contributed by atoms with van der Waals surface area (Å²) in [5, 5.41) is 9.63. The molecule has 0 aromatic heterocycles. The van der Waals surface area contributed by atoms with Crippen LogP contribution in [-0.4, -0.2) is 34.6 Å². The highest BCUT2D eigenvalue weighted by molar-refractivity contribution is 5.81. The molecule has 1 aliphatic carbocycles. The van der Waals surface area contributed by atoms with E-state index in [0.29, 0.717) is 18.9 Å². The maximum atomic E-state index is 11.2. The fourth-order valence-electron chi connectivity index (χ4n) is 2.67. The molecule has 2 atom stereocenters. The highest BCUT2D eigenvalue weighted by atomic mass is 16.3. The number of nitrogens with zero attached hydrogens (tertiary/aromatic N) is 1. The van der Waals surface area contributed by atoms with Crippen LogP contribution in [0.3, 0.4) is 0 Å². The molecule has 0 aromatic carbocycles. The van der Waals surface area contributed by atoms with Crippen LogP contribution in [0.25, 0.3) is 0 Å². The second-order valence-corrected chi connectivity index (χ2v) is 5.12. The van der Waals surface area contributed by atoms with Crippen molar-refractivity contribution in [2.45, 2.75) is 38.3 Å². The van der Waals surface area contributed by atoms with Crippen molar-refractivity contribution < 1.29 is 9.90 Å². The Morgan fingerprint density at radius 3 is 2.75 bits per heavy atom. The molecule has 2 fully saturated rings. The molecule has 4 heteroatoms. The number of likely N-dealkylation sites (tertiary alicyclic amines) is 1. The number of carbonyl (C=O) groups is 1. The van der Waals surface area contributed by atoms with Gasteiger partial charge in [-0.2, -0.15) is 0 Å². The van der Waals surface area contributed by atoms with Gasteiger partial charge in [-0.1, -0.05) is 13.0 Å². The molecule has 3 N–H and O–H groups in total. The zero-order chi connectivity index (χ0) is 11.7. The number of hydrogen-bond donors (Lipinski definition) is 2. The molecule has 1 amide bonds. The van der Waals surface area contributed by atoms with Gasteiger partial charge in [0, 0.05) is 6.54 Å². The molecule has 2 rings (SSSR count). The number of allylic oxidation sites excluding steroid dienone is 1. The number of hydrogen-bond acceptors (Lipinski definition) is 3. The number of amides is 1. The van der Waals surface area contributed by atoms with E-state index in [1.807, 2.05) is 11.1 Å². The fourth-order valence-corrected chi connectivity index (χ4v) is 2.67. The Hall–Kier alpha value is -1.03. The largest absolute Gasteiger partial charge is 0.390 e. The van der Waals surface area contributed by atoms with Crippen molar-refractivity contribution in [1.29, 1.82) is 0 Å². The van der Waals surface area contributed by atoms with E-state index in [1.54, 1.807) is 0 Å². The van der Waals surface area contributed by atoms with Crippen LogP contribution in [0.2, 0.25) is 0 Å². The first-order valence-electron chi connectivity index (χ1n) is 5.99. The summed E-state index contributed by atoms with van der Waals surface area (Å²) < 4.78 is 0. The molecule has 1 aliphatic heterocycles. The second-order valence-electron chi connectivity index (χ2n) is 5.12. The average molecular weight is 224 g/mol. The van der Waals surface area contributed by atoms with E-state index in [0.717, 1.165) is 5.92 Å². The lowest BCUT2D eigenvalue weighted by molar-refractivity contribution is -0.123. The number of primary amides is 1. The maximum absolute atomic E-state index is 11.2. The highest BCUT2D eigenvalue weighted by Crippen LogP contribution is 2.34. The van der Waals surface area contributed by atoms with Gasteiger partial charge in [0.2, 0.25) is 5.91 Å². The number of aliphatic hydroxyl groups is 1.